The maximum absolute atomic E-state index is 14.9. The zero-order chi connectivity index (χ0) is 23.6. The lowest BCUT2D eigenvalue weighted by atomic mass is 9.80. The number of methoxy groups -OCH3 is 1. The first-order valence-electron chi connectivity index (χ1n) is 10.2. The Bertz CT molecular complexity index is 1110. The number of hydrogen-bond acceptors (Lipinski definition) is 5. The number of halogens is 2. The number of esters is 2. The van der Waals surface area contributed by atoms with E-state index >= 15 is 0 Å². The number of aryl methyl sites for hydroxylation is 2. The minimum Gasteiger partial charge on any atom is -0.466 e. The predicted molar refractivity (Wildman–Crippen MR) is 120 cm³/mol. The summed E-state index contributed by atoms with van der Waals surface area (Å²) in [6, 6.07) is 6.22. The molecule has 1 aromatic heterocycles. The highest BCUT2D eigenvalue weighted by atomic mass is 35.5. The number of carbonyl (C=O) groups is 2. The Morgan fingerprint density at radius 1 is 1.09 bits per heavy atom. The normalized spacial score (nSPS) is 16.2. The Kier molecular flexibility index (Phi) is 7.09. The molecule has 0 spiro atoms. The zero-order valence-electron chi connectivity index (χ0n) is 18.7. The molecule has 170 valence electrons. The number of nitrogens with one attached hydrogen (secondary N) is 2. The third-order valence-electron chi connectivity index (χ3n) is 5.54. The molecular formula is C24H26ClFN2O4. The summed E-state index contributed by atoms with van der Waals surface area (Å²) >= 11 is 6.33. The van der Waals surface area contributed by atoms with Gasteiger partial charge in [0.05, 0.1) is 30.8 Å². The number of allylic oxidation sites excluding steroid dienone is 2. The molecule has 0 amide bonds. The van der Waals surface area contributed by atoms with Crippen LogP contribution in [-0.2, 0) is 25.5 Å². The van der Waals surface area contributed by atoms with Crippen LogP contribution in [0.3, 0.4) is 0 Å². The maximum atomic E-state index is 14.9. The fraction of sp³-hybridized carbons (Fsp3) is 0.333. The molecule has 6 nitrogen and oxygen atoms in total. The first-order chi connectivity index (χ1) is 15.1. The molecule has 0 saturated carbocycles. The number of H-pyrrole nitrogens is 1. The van der Waals surface area contributed by atoms with E-state index in [9.17, 15) is 14.0 Å². The van der Waals surface area contributed by atoms with Gasteiger partial charge in [0, 0.05) is 39.8 Å². The Morgan fingerprint density at radius 2 is 1.75 bits per heavy atom. The van der Waals surface area contributed by atoms with Crippen LogP contribution in [0.25, 0.3) is 0 Å². The van der Waals surface area contributed by atoms with Crippen molar-refractivity contribution in [1.82, 2.24) is 10.3 Å². The molecule has 0 aliphatic carbocycles. The summed E-state index contributed by atoms with van der Waals surface area (Å²) in [5.74, 6) is -3.04. The summed E-state index contributed by atoms with van der Waals surface area (Å²) in [5, 5.41) is 3.12. The molecule has 2 aromatic rings. The lowest BCUT2D eigenvalue weighted by Crippen LogP contribution is -2.33. The third kappa shape index (κ3) is 4.58. The Labute approximate surface area is 191 Å². The van der Waals surface area contributed by atoms with Gasteiger partial charge in [-0.05, 0) is 51.5 Å². The summed E-state index contributed by atoms with van der Waals surface area (Å²) < 4.78 is 25.4. The molecule has 2 N–H and O–H groups in total. The Morgan fingerprint density at radius 3 is 2.31 bits per heavy atom. The van der Waals surface area contributed by atoms with Crippen molar-refractivity contribution in [2.75, 3.05) is 13.7 Å². The van der Waals surface area contributed by atoms with Crippen LogP contribution in [0.1, 0.15) is 42.3 Å². The Hall–Kier alpha value is -3.06. The number of dihydropyridines is 1. The number of ether oxygens (including phenoxy) is 2. The molecule has 0 fully saturated rings. The molecule has 2 heterocycles. The summed E-state index contributed by atoms with van der Waals surface area (Å²) in [6.07, 6.45) is 0.519. The minimum atomic E-state index is -1.07. The third-order valence-corrected chi connectivity index (χ3v) is 5.87. The smallest absolute Gasteiger partial charge is 0.336 e. The first-order valence-corrected chi connectivity index (χ1v) is 10.6. The quantitative estimate of drug-likeness (QED) is 0.615. The van der Waals surface area contributed by atoms with E-state index in [1.165, 1.54) is 25.3 Å². The maximum Gasteiger partial charge on any atom is 0.336 e. The second kappa shape index (κ2) is 9.61. The van der Waals surface area contributed by atoms with E-state index in [4.69, 9.17) is 21.1 Å². The molecule has 8 heteroatoms. The van der Waals surface area contributed by atoms with Crippen LogP contribution in [0.4, 0.5) is 4.39 Å². The van der Waals surface area contributed by atoms with E-state index in [0.29, 0.717) is 17.8 Å². The van der Waals surface area contributed by atoms with Gasteiger partial charge in [0.25, 0.3) is 0 Å². The number of aromatic nitrogens is 1. The van der Waals surface area contributed by atoms with Crippen molar-refractivity contribution in [2.45, 2.75) is 40.0 Å². The highest BCUT2D eigenvalue weighted by Crippen LogP contribution is 2.42. The van der Waals surface area contributed by atoms with Gasteiger partial charge in [-0.3, -0.25) is 0 Å². The average molecular weight is 461 g/mol. The second-order valence-corrected chi connectivity index (χ2v) is 8.16. The molecule has 1 atom stereocenters. The van der Waals surface area contributed by atoms with E-state index in [1.807, 2.05) is 19.9 Å². The van der Waals surface area contributed by atoms with Gasteiger partial charge in [-0.1, -0.05) is 17.7 Å². The monoisotopic (exact) mass is 460 g/mol. The van der Waals surface area contributed by atoms with Gasteiger partial charge >= 0.3 is 11.9 Å². The molecule has 3 rings (SSSR count). The molecule has 1 aliphatic heterocycles. The van der Waals surface area contributed by atoms with Crippen molar-refractivity contribution in [3.63, 3.8) is 0 Å². The standard InChI is InChI=1S/C24H26ClFN2O4/c1-12-11-16(13(2)27-12)9-10-32-24(30)20-15(4)28-14(3)19(23(29)31-5)22(20)21-17(25)7-6-8-18(21)26/h6-8,11,22,27-28H,9-10H2,1-5H3. The van der Waals surface area contributed by atoms with Crippen LogP contribution in [0.15, 0.2) is 46.8 Å². The molecule has 0 saturated heterocycles. The van der Waals surface area contributed by atoms with Crippen molar-refractivity contribution in [2.24, 2.45) is 0 Å². The van der Waals surface area contributed by atoms with Gasteiger partial charge in [-0.15, -0.1) is 0 Å². The molecule has 1 unspecified atom stereocenters. The fourth-order valence-electron chi connectivity index (χ4n) is 4.09. The summed E-state index contributed by atoms with van der Waals surface area (Å²) in [6.45, 7) is 7.37. The minimum absolute atomic E-state index is 0.0267. The topological polar surface area (TPSA) is 80.4 Å². The van der Waals surface area contributed by atoms with E-state index in [0.717, 1.165) is 17.0 Å². The van der Waals surface area contributed by atoms with Crippen molar-refractivity contribution >= 4 is 23.5 Å². The summed E-state index contributed by atoms with van der Waals surface area (Å²) in [4.78, 5) is 29.0. The average Bonchev–Trinajstić information content (AvgIpc) is 3.04. The molecule has 0 radical (unpaired) electrons. The zero-order valence-corrected chi connectivity index (χ0v) is 19.4. The summed E-state index contributed by atoms with van der Waals surface area (Å²) in [7, 11) is 1.23. The Balaban J connectivity index is 1.97. The van der Waals surface area contributed by atoms with E-state index in [1.54, 1.807) is 13.8 Å². The van der Waals surface area contributed by atoms with E-state index in [2.05, 4.69) is 10.3 Å². The van der Waals surface area contributed by atoms with Crippen molar-refractivity contribution in [3.05, 3.63) is 80.2 Å². The molecule has 1 aliphatic rings. The lowest BCUT2D eigenvalue weighted by molar-refractivity contribution is -0.139. The molecule has 0 bridgehead atoms. The first kappa shape index (κ1) is 23.6. The van der Waals surface area contributed by atoms with Gasteiger partial charge in [-0.25, -0.2) is 14.0 Å². The van der Waals surface area contributed by atoms with Crippen LogP contribution < -0.4 is 5.32 Å². The number of rotatable bonds is 6. The van der Waals surface area contributed by atoms with Crippen LogP contribution in [0.2, 0.25) is 5.02 Å². The highest BCUT2D eigenvalue weighted by molar-refractivity contribution is 6.31. The van der Waals surface area contributed by atoms with Gasteiger partial charge in [-0.2, -0.15) is 0 Å². The SMILES string of the molecule is COC(=O)C1=C(C)NC(C)=C(C(=O)OCCc2cc(C)[nH]c2C)C1c1c(F)cccc1Cl. The van der Waals surface area contributed by atoms with Crippen LogP contribution in [0.5, 0.6) is 0 Å². The van der Waals surface area contributed by atoms with Gasteiger partial charge in [0.1, 0.15) is 5.82 Å². The number of hydrogen-bond donors (Lipinski definition) is 2. The predicted octanol–water partition coefficient (Wildman–Crippen LogP) is 4.62. The summed E-state index contributed by atoms with van der Waals surface area (Å²) in [5.41, 5.74) is 4.24. The van der Waals surface area contributed by atoms with Crippen LogP contribution in [0, 0.1) is 19.7 Å². The highest BCUT2D eigenvalue weighted by Gasteiger charge is 2.40. The number of benzene rings is 1. The largest absolute Gasteiger partial charge is 0.466 e. The van der Waals surface area contributed by atoms with Crippen LogP contribution in [-0.4, -0.2) is 30.6 Å². The van der Waals surface area contributed by atoms with Crippen LogP contribution >= 0.6 is 11.6 Å². The fourth-order valence-corrected chi connectivity index (χ4v) is 4.37. The molecule has 1 aromatic carbocycles. The lowest BCUT2D eigenvalue weighted by Gasteiger charge is -2.30. The molecular weight excluding hydrogens is 435 g/mol. The number of aromatic amines is 1. The van der Waals surface area contributed by atoms with Gasteiger partial charge in [0.15, 0.2) is 0 Å². The van der Waals surface area contributed by atoms with Crippen molar-refractivity contribution in [3.8, 4) is 0 Å². The second-order valence-electron chi connectivity index (χ2n) is 7.75. The van der Waals surface area contributed by atoms with Crippen molar-refractivity contribution < 1.29 is 23.5 Å². The van der Waals surface area contributed by atoms with Gasteiger partial charge < -0.3 is 19.8 Å². The van der Waals surface area contributed by atoms with E-state index in [-0.39, 0.29) is 28.3 Å². The van der Waals surface area contributed by atoms with Crippen molar-refractivity contribution in [1.29, 1.82) is 0 Å². The van der Waals surface area contributed by atoms with Gasteiger partial charge in [0.2, 0.25) is 0 Å². The number of carbonyl (C=O) groups excluding carboxylic acids is 2. The van der Waals surface area contributed by atoms with E-state index < -0.39 is 23.7 Å². The molecule has 32 heavy (non-hydrogen) atoms.